The van der Waals surface area contributed by atoms with Crippen LogP contribution in [0.25, 0.3) is 0 Å². The Labute approximate surface area is 83.3 Å². The fourth-order valence-electron chi connectivity index (χ4n) is 0.541. The minimum atomic E-state index is -0.809. The summed E-state index contributed by atoms with van der Waals surface area (Å²) in [4.78, 5) is 11.1. The fourth-order valence-corrected chi connectivity index (χ4v) is 1.62. The van der Waals surface area contributed by atoms with E-state index >= 15 is 0 Å². The van der Waals surface area contributed by atoms with Crippen LogP contribution in [0.2, 0.25) is 5.04 Å². The maximum Gasteiger partial charge on any atom is 0.319 e. The summed E-state index contributed by atoms with van der Waals surface area (Å²) in [5.41, 5.74) is 0.493. The molecule has 0 aromatic carbocycles. The van der Waals surface area contributed by atoms with Gasteiger partial charge in [-0.1, -0.05) is 34.3 Å². The monoisotopic (exact) mass is 200 g/mol. The number of hydrogen-bond donors (Lipinski definition) is 0. The molecule has 3 heteroatoms. The lowest BCUT2D eigenvalue weighted by atomic mass is 9.99. The van der Waals surface area contributed by atoms with Gasteiger partial charge in [0.1, 0.15) is 0 Å². The number of rotatable bonds is 4. The molecule has 0 heterocycles. The van der Waals surface area contributed by atoms with E-state index in [9.17, 15) is 4.79 Å². The minimum absolute atomic E-state index is 0.172. The quantitative estimate of drug-likeness (QED) is 0.513. The zero-order valence-electron chi connectivity index (χ0n) is 9.31. The maximum atomic E-state index is 11.1. The number of carbonyl (C=O) groups is 1. The highest BCUT2D eigenvalue weighted by Gasteiger charge is 2.25. The van der Waals surface area contributed by atoms with Crippen LogP contribution in [0, 0.1) is 5.92 Å². The van der Waals surface area contributed by atoms with Gasteiger partial charge < -0.3 is 4.43 Å². The van der Waals surface area contributed by atoms with E-state index < -0.39 is 9.76 Å². The Hall–Kier alpha value is -0.573. The van der Waals surface area contributed by atoms with Gasteiger partial charge in [-0.3, -0.25) is 0 Å². The first-order valence-electron chi connectivity index (χ1n) is 4.60. The Morgan fingerprint density at radius 2 is 1.92 bits per heavy atom. The molecule has 0 saturated carbocycles. The molecular weight excluding hydrogens is 180 g/mol. The second kappa shape index (κ2) is 4.60. The van der Waals surface area contributed by atoms with Gasteiger partial charge in [0.25, 0.3) is 0 Å². The Morgan fingerprint density at radius 1 is 1.46 bits per heavy atom. The van der Waals surface area contributed by atoms with Crippen LogP contribution in [-0.2, 0) is 9.22 Å². The Kier molecular flexibility index (Phi) is 4.40. The predicted molar refractivity (Wildman–Crippen MR) is 58.3 cm³/mol. The van der Waals surface area contributed by atoms with Gasteiger partial charge in [-0.15, -0.1) is 0 Å². The van der Waals surface area contributed by atoms with E-state index in [1.165, 1.54) is 0 Å². The second-order valence-electron chi connectivity index (χ2n) is 4.50. The topological polar surface area (TPSA) is 26.3 Å². The first-order valence-corrected chi connectivity index (χ1v) is 5.88. The van der Waals surface area contributed by atoms with Crippen LogP contribution in [0.15, 0.2) is 12.2 Å². The van der Waals surface area contributed by atoms with E-state index in [-0.39, 0.29) is 11.0 Å². The average Bonchev–Trinajstić information content (AvgIpc) is 1.99. The third-order valence-corrected chi connectivity index (χ3v) is 4.45. The van der Waals surface area contributed by atoms with Gasteiger partial charge >= 0.3 is 5.97 Å². The van der Waals surface area contributed by atoms with E-state index in [2.05, 4.69) is 34.3 Å². The van der Waals surface area contributed by atoms with Gasteiger partial charge in [0.2, 0.25) is 9.76 Å². The van der Waals surface area contributed by atoms with Crippen LogP contribution < -0.4 is 0 Å². The maximum absolute atomic E-state index is 11.1. The smallest absolute Gasteiger partial charge is 0.319 e. The van der Waals surface area contributed by atoms with Crippen molar-refractivity contribution >= 4 is 15.7 Å². The molecule has 0 spiro atoms. The van der Waals surface area contributed by atoms with E-state index in [0.717, 1.165) is 0 Å². The second-order valence-corrected chi connectivity index (χ2v) is 6.90. The van der Waals surface area contributed by atoms with Crippen LogP contribution in [-0.4, -0.2) is 15.7 Å². The molecule has 0 aromatic rings. The van der Waals surface area contributed by atoms with Gasteiger partial charge in [-0.05, 0) is 17.9 Å². The molecule has 0 unspecified atom stereocenters. The van der Waals surface area contributed by atoms with Crippen molar-refractivity contribution in [2.45, 2.75) is 39.7 Å². The summed E-state index contributed by atoms with van der Waals surface area (Å²) in [6.45, 7) is 13.8. The van der Waals surface area contributed by atoms with Gasteiger partial charge in [0, 0.05) is 5.57 Å². The molecule has 0 N–H and O–H groups in total. The van der Waals surface area contributed by atoms with Crippen molar-refractivity contribution in [2.24, 2.45) is 5.92 Å². The molecule has 0 aliphatic carbocycles. The highest BCUT2D eigenvalue weighted by Crippen LogP contribution is 2.32. The average molecular weight is 200 g/mol. The van der Waals surface area contributed by atoms with Gasteiger partial charge in [-0.25, -0.2) is 4.79 Å². The first-order chi connectivity index (χ1) is 5.77. The van der Waals surface area contributed by atoms with E-state index in [0.29, 0.717) is 11.5 Å². The van der Waals surface area contributed by atoms with E-state index in [1.54, 1.807) is 6.92 Å². The Balaban J connectivity index is 4.02. The summed E-state index contributed by atoms with van der Waals surface area (Å²) in [6.07, 6.45) is 0. The van der Waals surface area contributed by atoms with Crippen molar-refractivity contribution in [1.82, 2.24) is 0 Å². The van der Waals surface area contributed by atoms with Crippen molar-refractivity contribution < 1.29 is 9.22 Å². The number of hydrogen-bond acceptors (Lipinski definition) is 2. The van der Waals surface area contributed by atoms with Crippen LogP contribution >= 0.6 is 0 Å². The van der Waals surface area contributed by atoms with Crippen LogP contribution in [0.4, 0.5) is 0 Å². The lowest BCUT2D eigenvalue weighted by Gasteiger charge is -2.27. The minimum Gasteiger partial charge on any atom is -0.521 e. The molecule has 0 rings (SSSR count). The molecule has 0 aliphatic rings. The van der Waals surface area contributed by atoms with Crippen molar-refractivity contribution in [2.75, 3.05) is 0 Å². The third kappa shape index (κ3) is 4.27. The van der Waals surface area contributed by atoms with Crippen molar-refractivity contribution in [3.05, 3.63) is 12.2 Å². The van der Waals surface area contributed by atoms with Crippen LogP contribution in [0.1, 0.15) is 34.6 Å². The zero-order chi connectivity index (χ0) is 10.6. The van der Waals surface area contributed by atoms with Gasteiger partial charge in [0.15, 0.2) is 0 Å². The molecule has 0 fully saturated rings. The summed E-state index contributed by atoms with van der Waals surface area (Å²) in [7, 11) is -0.809. The van der Waals surface area contributed by atoms with E-state index in [1.807, 2.05) is 0 Å². The van der Waals surface area contributed by atoms with Crippen molar-refractivity contribution in [3.63, 3.8) is 0 Å². The number of carbonyl (C=O) groups excluding carboxylic acids is 1. The van der Waals surface area contributed by atoms with Gasteiger partial charge in [-0.2, -0.15) is 0 Å². The molecule has 0 bridgehead atoms. The molecule has 0 amide bonds. The molecule has 0 radical (unpaired) electrons. The lowest BCUT2D eigenvalue weighted by molar-refractivity contribution is -0.130. The summed E-state index contributed by atoms with van der Waals surface area (Å²) in [5.74, 6) is 0.317. The summed E-state index contributed by atoms with van der Waals surface area (Å²) >= 11 is 0. The third-order valence-electron chi connectivity index (χ3n) is 2.49. The first kappa shape index (κ1) is 12.4. The van der Waals surface area contributed by atoms with Crippen molar-refractivity contribution in [1.29, 1.82) is 0 Å². The van der Waals surface area contributed by atoms with Crippen molar-refractivity contribution in [3.8, 4) is 0 Å². The summed E-state index contributed by atoms with van der Waals surface area (Å²) in [6, 6.07) is 0. The molecule has 0 atom stereocenters. The standard InChI is InChI=1S/C10H20O2Si/c1-7(2)9(11)12-13-10(5,6)8(3)4/h8H,1,13H2,2-6H3. The molecular formula is C10H20O2Si. The predicted octanol–water partition coefficient (Wildman–Crippen LogP) is 2.04. The highest BCUT2D eigenvalue weighted by molar-refractivity contribution is 6.35. The Morgan fingerprint density at radius 3 is 2.23 bits per heavy atom. The lowest BCUT2D eigenvalue weighted by Crippen LogP contribution is -2.24. The molecule has 0 aliphatic heterocycles. The molecule has 0 aromatic heterocycles. The molecule has 13 heavy (non-hydrogen) atoms. The van der Waals surface area contributed by atoms with E-state index in [4.69, 9.17) is 4.43 Å². The largest absolute Gasteiger partial charge is 0.521 e. The summed E-state index contributed by atoms with van der Waals surface area (Å²) < 4.78 is 5.23. The summed E-state index contributed by atoms with van der Waals surface area (Å²) in [5, 5.41) is 0.172. The van der Waals surface area contributed by atoms with Gasteiger partial charge in [0.05, 0.1) is 0 Å². The molecule has 2 nitrogen and oxygen atoms in total. The normalized spacial score (nSPS) is 12.5. The fraction of sp³-hybridized carbons (Fsp3) is 0.700. The van der Waals surface area contributed by atoms with Crippen LogP contribution in [0.5, 0.6) is 0 Å². The molecule has 0 saturated heterocycles. The van der Waals surface area contributed by atoms with Crippen LogP contribution in [0.3, 0.4) is 0 Å². The molecule has 76 valence electrons. The SMILES string of the molecule is C=C(C)C(=O)O[SiH2]C(C)(C)C(C)C. The zero-order valence-corrected chi connectivity index (χ0v) is 10.7. The highest BCUT2D eigenvalue weighted by atomic mass is 28.2. The Bertz CT molecular complexity index is 207.